The Bertz CT molecular complexity index is 906. The maximum Gasteiger partial charge on any atom is 0.154 e. The molecule has 0 bridgehead atoms. The molecule has 0 fully saturated rings. The Hall–Kier alpha value is -2.95. The third-order valence-electron chi connectivity index (χ3n) is 3.85. The maximum absolute atomic E-state index is 13.1. The van der Waals surface area contributed by atoms with E-state index in [2.05, 4.69) is 33.6 Å². The lowest BCUT2D eigenvalue weighted by Crippen LogP contribution is -2.07. The highest BCUT2D eigenvalue weighted by Gasteiger charge is 2.08. The van der Waals surface area contributed by atoms with Gasteiger partial charge in [-0.2, -0.15) is 0 Å². The number of rotatable bonds is 4. The summed E-state index contributed by atoms with van der Waals surface area (Å²) in [5.74, 6) is 0.531. The summed E-state index contributed by atoms with van der Waals surface area (Å²) in [4.78, 5) is 4.35. The number of nitrogens with zero attached hydrogens (tertiary/aromatic N) is 3. The van der Waals surface area contributed by atoms with Crippen molar-refractivity contribution in [1.82, 2.24) is 14.6 Å². The van der Waals surface area contributed by atoms with Crippen molar-refractivity contribution in [1.29, 1.82) is 0 Å². The number of hydrogen-bond acceptors (Lipinski definition) is 3. The van der Waals surface area contributed by atoms with Crippen LogP contribution in [-0.2, 0) is 0 Å². The van der Waals surface area contributed by atoms with Crippen LogP contribution in [0.5, 0.6) is 0 Å². The van der Waals surface area contributed by atoms with Crippen molar-refractivity contribution in [3.05, 3.63) is 72.2 Å². The van der Waals surface area contributed by atoms with E-state index in [4.69, 9.17) is 0 Å². The zero-order valence-electron chi connectivity index (χ0n) is 12.4. The quantitative estimate of drug-likeness (QED) is 0.796. The van der Waals surface area contributed by atoms with Gasteiger partial charge in [-0.05, 0) is 48.4 Å². The number of halogens is 1. The summed E-state index contributed by atoms with van der Waals surface area (Å²) >= 11 is 0. The average molecular weight is 306 g/mol. The molecule has 2 heterocycles. The molecule has 0 atom stereocenters. The van der Waals surface area contributed by atoms with Crippen LogP contribution in [-0.4, -0.2) is 21.1 Å². The summed E-state index contributed by atoms with van der Waals surface area (Å²) in [6.45, 7) is 0.770. The fourth-order valence-corrected chi connectivity index (χ4v) is 2.61. The first-order chi connectivity index (χ1) is 11.3. The second-order valence-corrected chi connectivity index (χ2v) is 5.45. The summed E-state index contributed by atoms with van der Waals surface area (Å²) in [5, 5.41) is 7.92. The summed E-state index contributed by atoms with van der Waals surface area (Å²) < 4.78 is 14.9. The number of allylic oxidation sites excluding steroid dienone is 3. The van der Waals surface area contributed by atoms with Crippen molar-refractivity contribution in [2.24, 2.45) is 0 Å². The highest BCUT2D eigenvalue weighted by molar-refractivity contribution is 5.63. The highest BCUT2D eigenvalue weighted by Crippen LogP contribution is 2.21. The lowest BCUT2D eigenvalue weighted by molar-refractivity contribution is 0.628. The van der Waals surface area contributed by atoms with Crippen molar-refractivity contribution in [2.45, 2.75) is 6.42 Å². The molecule has 2 aromatic heterocycles. The van der Waals surface area contributed by atoms with Crippen molar-refractivity contribution < 1.29 is 4.39 Å². The molecule has 0 unspecified atom stereocenters. The zero-order valence-corrected chi connectivity index (χ0v) is 12.4. The van der Waals surface area contributed by atoms with Crippen LogP contribution in [0.25, 0.3) is 16.9 Å². The molecule has 0 aliphatic heterocycles. The summed E-state index contributed by atoms with van der Waals surface area (Å²) in [7, 11) is 0. The average Bonchev–Trinajstić information content (AvgIpc) is 3.23. The van der Waals surface area contributed by atoms with E-state index in [1.54, 1.807) is 22.8 Å². The van der Waals surface area contributed by atoms with Crippen LogP contribution < -0.4 is 5.32 Å². The molecule has 0 radical (unpaired) electrons. The first kappa shape index (κ1) is 13.7. The Kier molecular flexibility index (Phi) is 3.38. The second-order valence-electron chi connectivity index (χ2n) is 5.45. The van der Waals surface area contributed by atoms with Crippen LogP contribution in [0.2, 0.25) is 0 Å². The van der Waals surface area contributed by atoms with Crippen LogP contribution >= 0.6 is 0 Å². The SMILES string of the molecule is Fc1ccc(-c2cnc3ccc(NCC4=CC=CC4)nn23)cc1. The van der Waals surface area contributed by atoms with Gasteiger partial charge in [-0.25, -0.2) is 13.9 Å². The molecule has 3 aromatic rings. The minimum absolute atomic E-state index is 0.253. The monoisotopic (exact) mass is 306 g/mol. The van der Waals surface area contributed by atoms with Gasteiger partial charge < -0.3 is 5.32 Å². The Morgan fingerprint density at radius 3 is 2.78 bits per heavy atom. The van der Waals surface area contributed by atoms with Gasteiger partial charge in [0.1, 0.15) is 11.6 Å². The Morgan fingerprint density at radius 1 is 1.13 bits per heavy atom. The molecule has 4 nitrogen and oxygen atoms in total. The summed E-state index contributed by atoms with van der Waals surface area (Å²) in [6, 6.07) is 10.2. The molecule has 5 heteroatoms. The number of hydrogen-bond donors (Lipinski definition) is 1. The number of imidazole rings is 1. The topological polar surface area (TPSA) is 42.2 Å². The van der Waals surface area contributed by atoms with Crippen LogP contribution in [0.1, 0.15) is 6.42 Å². The van der Waals surface area contributed by atoms with E-state index >= 15 is 0 Å². The van der Waals surface area contributed by atoms with Gasteiger partial charge in [0.15, 0.2) is 5.65 Å². The fraction of sp³-hybridized carbons (Fsp3) is 0.111. The van der Waals surface area contributed by atoms with Crippen molar-refractivity contribution in [3.8, 4) is 11.3 Å². The minimum Gasteiger partial charge on any atom is -0.365 e. The van der Waals surface area contributed by atoms with Crippen LogP contribution in [0.3, 0.4) is 0 Å². The number of anilines is 1. The largest absolute Gasteiger partial charge is 0.365 e. The molecule has 0 saturated carbocycles. The van der Waals surface area contributed by atoms with Gasteiger partial charge in [0, 0.05) is 12.1 Å². The zero-order chi connectivity index (χ0) is 15.6. The van der Waals surface area contributed by atoms with Gasteiger partial charge in [0.2, 0.25) is 0 Å². The van der Waals surface area contributed by atoms with Crippen LogP contribution in [0.15, 0.2) is 66.4 Å². The Balaban J connectivity index is 1.64. The number of nitrogens with one attached hydrogen (secondary N) is 1. The molecule has 114 valence electrons. The van der Waals surface area contributed by atoms with Crippen molar-refractivity contribution in [3.63, 3.8) is 0 Å². The van der Waals surface area contributed by atoms with Gasteiger partial charge in [0.05, 0.1) is 11.9 Å². The molecular formula is C18H15FN4. The van der Waals surface area contributed by atoms with Crippen molar-refractivity contribution >= 4 is 11.5 Å². The molecule has 23 heavy (non-hydrogen) atoms. The van der Waals surface area contributed by atoms with Gasteiger partial charge in [-0.15, -0.1) is 5.10 Å². The molecule has 0 saturated heterocycles. The number of aromatic nitrogens is 3. The molecular weight excluding hydrogens is 291 g/mol. The lowest BCUT2D eigenvalue weighted by Gasteiger charge is -2.07. The smallest absolute Gasteiger partial charge is 0.154 e. The van der Waals surface area contributed by atoms with Crippen molar-refractivity contribution in [2.75, 3.05) is 11.9 Å². The number of fused-ring (bicyclic) bond motifs is 1. The molecule has 0 spiro atoms. The predicted molar refractivity (Wildman–Crippen MR) is 88.7 cm³/mol. The Morgan fingerprint density at radius 2 is 2.00 bits per heavy atom. The molecule has 0 amide bonds. The molecule has 1 aromatic carbocycles. The standard InChI is InChI=1S/C18H15FN4/c19-15-7-5-14(6-8-15)16-12-21-18-10-9-17(22-23(16)18)20-11-13-3-1-2-4-13/h1-3,5-10,12H,4,11H2,(H,20,22). The maximum atomic E-state index is 13.1. The molecule has 1 aliphatic carbocycles. The normalized spacial score (nSPS) is 13.5. The second kappa shape index (κ2) is 5.68. The number of benzene rings is 1. The van der Waals surface area contributed by atoms with Gasteiger partial charge in [0.25, 0.3) is 0 Å². The third-order valence-corrected chi connectivity index (χ3v) is 3.85. The minimum atomic E-state index is -0.253. The molecule has 1 aliphatic rings. The van der Waals surface area contributed by atoms with E-state index in [0.717, 1.165) is 35.7 Å². The summed E-state index contributed by atoms with van der Waals surface area (Å²) in [5.41, 5.74) is 3.81. The van der Waals surface area contributed by atoms with Crippen LogP contribution in [0.4, 0.5) is 10.2 Å². The Labute approximate surface area is 133 Å². The van der Waals surface area contributed by atoms with Crippen LogP contribution in [0, 0.1) is 5.82 Å². The van der Waals surface area contributed by atoms with Gasteiger partial charge in [-0.3, -0.25) is 0 Å². The van der Waals surface area contributed by atoms with E-state index in [-0.39, 0.29) is 5.82 Å². The van der Waals surface area contributed by atoms with E-state index in [1.165, 1.54) is 17.7 Å². The van der Waals surface area contributed by atoms with E-state index < -0.39 is 0 Å². The van der Waals surface area contributed by atoms with Gasteiger partial charge in [-0.1, -0.05) is 18.2 Å². The predicted octanol–water partition coefficient (Wildman–Crippen LogP) is 3.83. The van der Waals surface area contributed by atoms with Gasteiger partial charge >= 0.3 is 0 Å². The lowest BCUT2D eigenvalue weighted by atomic mass is 10.2. The molecule has 4 rings (SSSR count). The van der Waals surface area contributed by atoms with E-state index in [0.29, 0.717) is 0 Å². The highest BCUT2D eigenvalue weighted by atomic mass is 19.1. The van der Waals surface area contributed by atoms with E-state index in [9.17, 15) is 4.39 Å². The third kappa shape index (κ3) is 2.73. The molecule has 1 N–H and O–H groups in total. The first-order valence-electron chi connectivity index (χ1n) is 7.49. The first-order valence-corrected chi connectivity index (χ1v) is 7.49. The van der Waals surface area contributed by atoms with E-state index in [1.807, 2.05) is 12.1 Å². The fourth-order valence-electron chi connectivity index (χ4n) is 2.61. The summed E-state index contributed by atoms with van der Waals surface area (Å²) in [6.07, 6.45) is 9.06.